The molecule has 6 heteroatoms. The van der Waals surface area contributed by atoms with Crippen LogP contribution in [0.3, 0.4) is 0 Å². The predicted molar refractivity (Wildman–Crippen MR) is 46.9 cm³/mol. The Morgan fingerprint density at radius 1 is 1.46 bits per heavy atom. The SMILES string of the molecule is NCCC(N)C(=O)NCCC(=O)O. The van der Waals surface area contributed by atoms with Crippen LogP contribution in [0.25, 0.3) is 0 Å². The van der Waals surface area contributed by atoms with E-state index in [2.05, 4.69) is 5.32 Å². The lowest BCUT2D eigenvalue weighted by Crippen LogP contribution is -2.42. The Morgan fingerprint density at radius 3 is 2.54 bits per heavy atom. The monoisotopic (exact) mass is 189 g/mol. The van der Waals surface area contributed by atoms with Crippen LogP contribution in [0.1, 0.15) is 12.8 Å². The number of carbonyl (C=O) groups excluding carboxylic acids is 1. The first-order chi connectivity index (χ1) is 6.07. The first kappa shape index (κ1) is 11.9. The maximum absolute atomic E-state index is 11.0. The summed E-state index contributed by atoms with van der Waals surface area (Å²) in [5.74, 6) is -1.31. The summed E-state index contributed by atoms with van der Waals surface area (Å²) in [6, 6.07) is -0.640. The van der Waals surface area contributed by atoms with Crippen molar-refractivity contribution in [2.75, 3.05) is 13.1 Å². The molecular formula is C7H15N3O3. The number of hydrogen-bond donors (Lipinski definition) is 4. The zero-order valence-corrected chi connectivity index (χ0v) is 7.32. The quantitative estimate of drug-likeness (QED) is 0.395. The summed E-state index contributed by atoms with van der Waals surface area (Å²) in [6.07, 6.45) is 0.306. The predicted octanol–water partition coefficient (Wildman–Crippen LogP) is -1.75. The van der Waals surface area contributed by atoms with Crippen molar-refractivity contribution < 1.29 is 14.7 Å². The number of nitrogens with two attached hydrogens (primary N) is 2. The second-order valence-electron chi connectivity index (χ2n) is 2.62. The summed E-state index contributed by atoms with van der Waals surface area (Å²) in [5, 5.41) is 10.7. The minimum atomic E-state index is -0.951. The second kappa shape index (κ2) is 6.38. The smallest absolute Gasteiger partial charge is 0.305 e. The van der Waals surface area contributed by atoms with E-state index in [-0.39, 0.29) is 18.9 Å². The van der Waals surface area contributed by atoms with Crippen molar-refractivity contribution in [2.24, 2.45) is 11.5 Å². The molecule has 0 rings (SSSR count). The van der Waals surface area contributed by atoms with Gasteiger partial charge in [-0.3, -0.25) is 9.59 Å². The van der Waals surface area contributed by atoms with E-state index in [9.17, 15) is 9.59 Å². The second-order valence-corrected chi connectivity index (χ2v) is 2.62. The Labute approximate surface area is 76.3 Å². The fraction of sp³-hybridized carbons (Fsp3) is 0.714. The van der Waals surface area contributed by atoms with E-state index in [1.54, 1.807) is 0 Å². The lowest BCUT2D eigenvalue weighted by Gasteiger charge is -2.09. The fourth-order valence-electron chi connectivity index (χ4n) is 0.734. The van der Waals surface area contributed by atoms with Crippen molar-refractivity contribution in [3.05, 3.63) is 0 Å². The first-order valence-electron chi connectivity index (χ1n) is 4.03. The number of amides is 1. The molecule has 0 saturated heterocycles. The van der Waals surface area contributed by atoms with Gasteiger partial charge in [0.1, 0.15) is 0 Å². The highest BCUT2D eigenvalue weighted by Crippen LogP contribution is 1.85. The molecule has 0 fully saturated rings. The van der Waals surface area contributed by atoms with Crippen LogP contribution in [0.2, 0.25) is 0 Å². The van der Waals surface area contributed by atoms with Crippen LogP contribution in [0.4, 0.5) is 0 Å². The van der Waals surface area contributed by atoms with Crippen LogP contribution < -0.4 is 16.8 Å². The third-order valence-corrected chi connectivity index (χ3v) is 1.45. The molecule has 0 saturated carbocycles. The summed E-state index contributed by atoms with van der Waals surface area (Å²) >= 11 is 0. The lowest BCUT2D eigenvalue weighted by atomic mass is 10.2. The maximum Gasteiger partial charge on any atom is 0.305 e. The lowest BCUT2D eigenvalue weighted by molar-refractivity contribution is -0.136. The summed E-state index contributed by atoms with van der Waals surface area (Å²) in [5.41, 5.74) is 10.6. The van der Waals surface area contributed by atoms with Gasteiger partial charge in [0.05, 0.1) is 12.5 Å². The Balaban J connectivity index is 3.55. The highest BCUT2D eigenvalue weighted by Gasteiger charge is 2.11. The molecule has 0 aromatic heterocycles. The van der Waals surface area contributed by atoms with Crippen molar-refractivity contribution in [1.29, 1.82) is 0 Å². The van der Waals surface area contributed by atoms with Crippen molar-refractivity contribution in [3.8, 4) is 0 Å². The highest BCUT2D eigenvalue weighted by molar-refractivity contribution is 5.81. The highest BCUT2D eigenvalue weighted by atomic mass is 16.4. The van der Waals surface area contributed by atoms with Crippen LogP contribution in [-0.2, 0) is 9.59 Å². The van der Waals surface area contributed by atoms with Crippen molar-refractivity contribution in [2.45, 2.75) is 18.9 Å². The van der Waals surface area contributed by atoms with Gasteiger partial charge in [-0.25, -0.2) is 0 Å². The molecule has 1 amide bonds. The Hall–Kier alpha value is -1.14. The zero-order chi connectivity index (χ0) is 10.3. The van der Waals surface area contributed by atoms with Gasteiger partial charge in [-0.05, 0) is 13.0 Å². The van der Waals surface area contributed by atoms with Crippen molar-refractivity contribution in [3.63, 3.8) is 0 Å². The first-order valence-corrected chi connectivity index (χ1v) is 4.03. The van der Waals surface area contributed by atoms with Gasteiger partial charge in [0.15, 0.2) is 0 Å². The molecule has 0 bridgehead atoms. The van der Waals surface area contributed by atoms with Gasteiger partial charge in [0.25, 0.3) is 0 Å². The standard InChI is InChI=1S/C7H15N3O3/c8-3-1-5(9)7(13)10-4-2-6(11)12/h5H,1-4,8-9H2,(H,10,13)(H,11,12). The molecular weight excluding hydrogens is 174 g/mol. The number of carbonyl (C=O) groups is 2. The van der Waals surface area contributed by atoms with Gasteiger partial charge in [0.2, 0.25) is 5.91 Å². The molecule has 76 valence electrons. The van der Waals surface area contributed by atoms with E-state index >= 15 is 0 Å². The van der Waals surface area contributed by atoms with Crippen molar-refractivity contribution >= 4 is 11.9 Å². The third kappa shape index (κ3) is 6.06. The number of carboxylic acids is 1. The molecule has 0 aromatic rings. The van der Waals surface area contributed by atoms with Gasteiger partial charge in [-0.1, -0.05) is 0 Å². The Kier molecular flexibility index (Phi) is 5.82. The number of aliphatic carboxylic acids is 1. The maximum atomic E-state index is 11.0. The van der Waals surface area contributed by atoms with E-state index in [1.165, 1.54) is 0 Å². The van der Waals surface area contributed by atoms with E-state index < -0.39 is 12.0 Å². The summed E-state index contributed by atoms with van der Waals surface area (Å²) in [7, 11) is 0. The Morgan fingerprint density at radius 2 is 2.08 bits per heavy atom. The normalized spacial score (nSPS) is 12.2. The third-order valence-electron chi connectivity index (χ3n) is 1.45. The molecule has 0 aliphatic carbocycles. The summed E-state index contributed by atoms with van der Waals surface area (Å²) in [4.78, 5) is 21.1. The molecule has 0 aromatic carbocycles. The van der Waals surface area contributed by atoms with E-state index in [4.69, 9.17) is 16.6 Å². The van der Waals surface area contributed by atoms with Gasteiger partial charge in [-0.15, -0.1) is 0 Å². The average Bonchev–Trinajstić information content (AvgIpc) is 2.04. The number of carboxylic acid groups (broad SMARTS) is 1. The van der Waals surface area contributed by atoms with E-state index in [0.717, 1.165) is 0 Å². The molecule has 13 heavy (non-hydrogen) atoms. The zero-order valence-electron chi connectivity index (χ0n) is 7.32. The fourth-order valence-corrected chi connectivity index (χ4v) is 0.734. The molecule has 0 spiro atoms. The average molecular weight is 189 g/mol. The van der Waals surface area contributed by atoms with Crippen LogP contribution in [-0.4, -0.2) is 36.1 Å². The van der Waals surface area contributed by atoms with Crippen LogP contribution >= 0.6 is 0 Å². The molecule has 0 heterocycles. The van der Waals surface area contributed by atoms with Crippen molar-refractivity contribution in [1.82, 2.24) is 5.32 Å². The van der Waals surface area contributed by atoms with E-state index in [1.807, 2.05) is 0 Å². The van der Waals surface area contributed by atoms with Gasteiger partial charge >= 0.3 is 5.97 Å². The molecule has 1 atom stereocenters. The van der Waals surface area contributed by atoms with Gasteiger partial charge in [-0.2, -0.15) is 0 Å². The molecule has 6 nitrogen and oxygen atoms in total. The van der Waals surface area contributed by atoms with E-state index in [0.29, 0.717) is 13.0 Å². The number of rotatable bonds is 6. The van der Waals surface area contributed by atoms with Crippen LogP contribution in [0.15, 0.2) is 0 Å². The largest absolute Gasteiger partial charge is 0.481 e. The topological polar surface area (TPSA) is 118 Å². The molecule has 1 unspecified atom stereocenters. The minimum Gasteiger partial charge on any atom is -0.481 e. The number of hydrogen-bond acceptors (Lipinski definition) is 4. The molecule has 6 N–H and O–H groups in total. The molecule has 0 radical (unpaired) electrons. The number of nitrogens with one attached hydrogen (secondary N) is 1. The molecule has 0 aliphatic rings. The van der Waals surface area contributed by atoms with Crippen LogP contribution in [0.5, 0.6) is 0 Å². The minimum absolute atomic E-state index is 0.0961. The summed E-state index contributed by atoms with van der Waals surface area (Å²) in [6.45, 7) is 0.444. The Bertz CT molecular complexity index is 184. The summed E-state index contributed by atoms with van der Waals surface area (Å²) < 4.78 is 0. The molecule has 0 aliphatic heterocycles. The van der Waals surface area contributed by atoms with Gasteiger partial charge < -0.3 is 21.9 Å². The van der Waals surface area contributed by atoms with Crippen LogP contribution in [0, 0.1) is 0 Å². The van der Waals surface area contributed by atoms with Gasteiger partial charge in [0, 0.05) is 6.54 Å².